The molecular weight excluding hydrogens is 610 g/mol. The summed E-state index contributed by atoms with van der Waals surface area (Å²) in [5, 5.41) is 8.63. The van der Waals surface area contributed by atoms with E-state index in [1.54, 1.807) is 0 Å². The van der Waals surface area contributed by atoms with E-state index in [4.69, 9.17) is 4.98 Å². The predicted molar refractivity (Wildman–Crippen MR) is 202 cm³/mol. The van der Waals surface area contributed by atoms with Gasteiger partial charge in [0.2, 0.25) is 0 Å². The third-order valence-electron chi connectivity index (χ3n) is 9.12. The number of rotatable bonds is 5. The molecule has 0 saturated carbocycles. The van der Waals surface area contributed by atoms with Crippen LogP contribution in [0.25, 0.3) is 64.2 Å². The maximum absolute atomic E-state index is 14.9. The molecule has 0 spiro atoms. The molecule has 2 nitrogen and oxygen atoms in total. The lowest BCUT2D eigenvalue weighted by Crippen LogP contribution is -2.24. The van der Waals surface area contributed by atoms with E-state index in [0.717, 1.165) is 43.8 Å². The lowest BCUT2D eigenvalue weighted by Gasteiger charge is -2.20. The van der Waals surface area contributed by atoms with Crippen LogP contribution in [0.2, 0.25) is 0 Å². The largest absolute Gasteiger partial charge is 0.309 e. The van der Waals surface area contributed by atoms with Gasteiger partial charge in [-0.25, -0.2) is 4.98 Å². The van der Waals surface area contributed by atoms with Crippen molar-refractivity contribution in [2.75, 3.05) is 0 Å². The van der Waals surface area contributed by atoms with Gasteiger partial charge in [-0.05, 0) is 46.2 Å². The molecule has 0 unspecified atom stereocenters. The van der Waals surface area contributed by atoms with Gasteiger partial charge in [0.25, 0.3) is 0 Å². The summed E-state index contributed by atoms with van der Waals surface area (Å²) >= 11 is 1.81. The zero-order valence-corrected chi connectivity index (χ0v) is 27.1. The highest BCUT2D eigenvalue weighted by atomic mass is 32.1. The van der Waals surface area contributed by atoms with Crippen molar-refractivity contribution in [3.8, 4) is 22.4 Å². The third-order valence-corrected chi connectivity index (χ3v) is 13.4. The number of hydrogen-bond donors (Lipinski definition) is 0. The minimum atomic E-state index is -3.04. The van der Waals surface area contributed by atoms with Crippen molar-refractivity contribution < 1.29 is 4.57 Å². The Bertz CT molecular complexity index is 2600. The molecule has 0 N–H and O–H groups in total. The SMILES string of the molecule is O=P(c1ccccc1)(c1ccccc1)c1ccc(-c2cccc(-c3nc4cc5ccccc5cc4c4c3sc3ccccc34)c2)cc1. The van der Waals surface area contributed by atoms with Crippen molar-refractivity contribution in [1.29, 1.82) is 0 Å². The van der Waals surface area contributed by atoms with Gasteiger partial charge in [0.15, 0.2) is 7.14 Å². The maximum Gasteiger partial charge on any atom is 0.171 e. The second-order valence-corrected chi connectivity index (χ2v) is 15.7. The summed E-state index contributed by atoms with van der Waals surface area (Å²) < 4.78 is 17.4. The average molecular weight is 638 g/mol. The van der Waals surface area contributed by atoms with Crippen molar-refractivity contribution >= 4 is 76.2 Å². The van der Waals surface area contributed by atoms with Crippen molar-refractivity contribution in [3.63, 3.8) is 0 Å². The van der Waals surface area contributed by atoms with Crippen molar-refractivity contribution in [2.24, 2.45) is 0 Å². The first-order valence-electron chi connectivity index (χ1n) is 15.7. The molecule has 9 rings (SSSR count). The summed E-state index contributed by atoms with van der Waals surface area (Å²) in [5.41, 5.74) is 5.25. The van der Waals surface area contributed by atoms with Gasteiger partial charge in [0.1, 0.15) is 0 Å². The van der Waals surface area contributed by atoms with Crippen LogP contribution >= 0.6 is 18.5 Å². The van der Waals surface area contributed by atoms with Crippen LogP contribution in [0.3, 0.4) is 0 Å². The second-order valence-electron chi connectivity index (χ2n) is 11.9. The minimum absolute atomic E-state index is 0.824. The number of hydrogen-bond acceptors (Lipinski definition) is 3. The Kier molecular flexibility index (Phi) is 6.64. The average Bonchev–Trinajstić information content (AvgIpc) is 3.54. The highest BCUT2D eigenvalue weighted by Crippen LogP contribution is 2.45. The Morgan fingerprint density at radius 2 is 1.06 bits per heavy atom. The number of pyridine rings is 1. The Balaban J connectivity index is 1.19. The first-order valence-corrected chi connectivity index (χ1v) is 18.3. The minimum Gasteiger partial charge on any atom is -0.309 e. The molecule has 4 heteroatoms. The normalized spacial score (nSPS) is 11.9. The molecule has 0 aliphatic rings. The molecule has 0 atom stereocenters. The molecule has 0 amide bonds. The zero-order valence-electron chi connectivity index (χ0n) is 25.4. The van der Waals surface area contributed by atoms with Crippen LogP contribution in [0, 0.1) is 0 Å². The molecule has 0 saturated heterocycles. The molecule has 2 aromatic heterocycles. The van der Waals surface area contributed by atoms with Gasteiger partial charge in [-0.15, -0.1) is 11.3 Å². The van der Waals surface area contributed by atoms with Gasteiger partial charge in [0, 0.05) is 42.3 Å². The Labute approximate surface area is 277 Å². The number of benzene rings is 7. The van der Waals surface area contributed by atoms with Gasteiger partial charge in [0.05, 0.1) is 15.9 Å². The van der Waals surface area contributed by atoms with Crippen molar-refractivity contribution in [3.05, 3.63) is 170 Å². The fourth-order valence-corrected chi connectivity index (χ4v) is 10.7. The predicted octanol–water partition coefficient (Wildman–Crippen LogP) is 10.7. The van der Waals surface area contributed by atoms with Gasteiger partial charge < -0.3 is 4.57 Å². The van der Waals surface area contributed by atoms with Crippen LogP contribution in [-0.2, 0) is 4.57 Å². The van der Waals surface area contributed by atoms with Crippen LogP contribution in [0.1, 0.15) is 0 Å². The summed E-state index contributed by atoms with van der Waals surface area (Å²) in [7, 11) is -3.04. The molecule has 0 radical (unpaired) electrons. The Morgan fingerprint density at radius 3 is 1.79 bits per heavy atom. The van der Waals surface area contributed by atoms with Gasteiger partial charge >= 0.3 is 0 Å². The molecule has 47 heavy (non-hydrogen) atoms. The van der Waals surface area contributed by atoms with Crippen LogP contribution in [0.4, 0.5) is 0 Å². The van der Waals surface area contributed by atoms with E-state index in [0.29, 0.717) is 0 Å². The molecule has 9 aromatic rings. The molecule has 0 aliphatic heterocycles. The molecule has 0 bridgehead atoms. The number of thiophene rings is 1. The lowest BCUT2D eigenvalue weighted by atomic mass is 9.98. The van der Waals surface area contributed by atoms with Crippen LogP contribution < -0.4 is 15.9 Å². The first-order chi connectivity index (χ1) is 23.2. The second kappa shape index (κ2) is 11.2. The van der Waals surface area contributed by atoms with E-state index >= 15 is 0 Å². The van der Waals surface area contributed by atoms with Gasteiger partial charge in [-0.3, -0.25) is 0 Å². The Hall–Kier alpha value is -5.34. The summed E-state index contributed by atoms with van der Waals surface area (Å²) in [4.78, 5) is 5.34. The highest BCUT2D eigenvalue weighted by molar-refractivity contribution is 7.85. The van der Waals surface area contributed by atoms with E-state index in [9.17, 15) is 4.57 Å². The van der Waals surface area contributed by atoms with E-state index in [2.05, 4.69) is 97.1 Å². The van der Waals surface area contributed by atoms with Gasteiger partial charge in [-0.1, -0.05) is 146 Å². The topological polar surface area (TPSA) is 30.0 Å². The van der Waals surface area contributed by atoms with E-state index in [-0.39, 0.29) is 0 Å². The fraction of sp³-hybridized carbons (Fsp3) is 0. The number of nitrogens with zero attached hydrogens (tertiary/aromatic N) is 1. The molecule has 7 aromatic carbocycles. The summed E-state index contributed by atoms with van der Waals surface area (Å²) in [6.45, 7) is 0. The molecule has 0 fully saturated rings. The van der Waals surface area contributed by atoms with Crippen LogP contribution in [-0.4, -0.2) is 4.98 Å². The fourth-order valence-electron chi connectivity index (χ4n) is 6.80. The standard InChI is InChI=1S/C43H28NOPS/c45-46(34-16-3-1-4-17-34,35-18-5-2-6-19-35)36-24-22-29(23-25-36)30-14-11-15-33(26-30)42-43-41(37-20-9-10-21-40(37)47-43)38-27-31-12-7-8-13-32(31)28-39(38)44-42/h1-28H. The first kappa shape index (κ1) is 27.9. The zero-order chi connectivity index (χ0) is 31.4. The Morgan fingerprint density at radius 1 is 0.468 bits per heavy atom. The number of aromatic nitrogens is 1. The van der Waals surface area contributed by atoms with Crippen LogP contribution in [0.5, 0.6) is 0 Å². The van der Waals surface area contributed by atoms with E-state index < -0.39 is 7.14 Å². The summed E-state index contributed by atoms with van der Waals surface area (Å²) in [5.74, 6) is 0. The van der Waals surface area contributed by atoms with Crippen molar-refractivity contribution in [2.45, 2.75) is 0 Å². The smallest absolute Gasteiger partial charge is 0.171 e. The molecule has 222 valence electrons. The van der Waals surface area contributed by atoms with Crippen molar-refractivity contribution in [1.82, 2.24) is 4.98 Å². The maximum atomic E-state index is 14.9. The highest BCUT2D eigenvalue weighted by Gasteiger charge is 2.29. The van der Waals surface area contributed by atoms with E-state index in [1.807, 2.05) is 84.1 Å². The molecule has 2 heterocycles. The van der Waals surface area contributed by atoms with Crippen LogP contribution in [0.15, 0.2) is 170 Å². The van der Waals surface area contributed by atoms with E-state index in [1.165, 1.54) is 36.3 Å². The summed E-state index contributed by atoms with van der Waals surface area (Å²) in [6.07, 6.45) is 0. The quantitative estimate of drug-likeness (QED) is 0.139. The third kappa shape index (κ3) is 4.62. The number of fused-ring (bicyclic) bond motifs is 6. The molecular formula is C43H28NOPS. The molecule has 0 aliphatic carbocycles. The lowest BCUT2D eigenvalue weighted by molar-refractivity contribution is 0.592. The summed E-state index contributed by atoms with van der Waals surface area (Å²) in [6, 6.07) is 58.3. The monoisotopic (exact) mass is 637 g/mol. The van der Waals surface area contributed by atoms with Gasteiger partial charge in [-0.2, -0.15) is 0 Å².